The number of aryl methyl sites for hydroxylation is 1. The average Bonchev–Trinajstić information content (AvgIpc) is 2.90. The van der Waals surface area contributed by atoms with E-state index >= 15 is 0 Å². The van der Waals surface area contributed by atoms with E-state index in [2.05, 4.69) is 72.7 Å². The molecule has 0 aliphatic rings. The highest BCUT2D eigenvalue weighted by Crippen LogP contribution is 2.27. The summed E-state index contributed by atoms with van der Waals surface area (Å²) in [7, 11) is 0. The number of fused-ring (bicyclic) bond motifs is 1. The van der Waals surface area contributed by atoms with Gasteiger partial charge in [-0.25, -0.2) is 0 Å². The second-order valence-electron chi connectivity index (χ2n) is 5.05. The fraction of sp³-hybridized carbons (Fsp3) is 0.100. The van der Waals surface area contributed by atoms with Gasteiger partial charge in [-0.2, -0.15) is 0 Å². The molecule has 1 heterocycles. The number of hydrogen-bond acceptors (Lipinski definition) is 0. The summed E-state index contributed by atoms with van der Waals surface area (Å²) in [6, 6.07) is 19.4. The standard InChI is InChI=1S/C20H19N/c1-3-5-11-19-15-18-14-17(16-9-7-6-8-10-16)12-13-20(18)21(19)4-2/h3,5-15H,1,4H2,2H3/b11-5-. The number of nitrogens with zero attached hydrogens (tertiary/aromatic N) is 1. The summed E-state index contributed by atoms with van der Waals surface area (Å²) < 4.78 is 2.32. The van der Waals surface area contributed by atoms with E-state index in [-0.39, 0.29) is 0 Å². The highest BCUT2D eigenvalue weighted by atomic mass is 15.0. The lowest BCUT2D eigenvalue weighted by Crippen LogP contribution is -1.95. The summed E-state index contributed by atoms with van der Waals surface area (Å²) >= 11 is 0. The first kappa shape index (κ1) is 13.4. The molecule has 0 aliphatic carbocycles. The molecule has 0 aliphatic heterocycles. The monoisotopic (exact) mass is 273 g/mol. The van der Waals surface area contributed by atoms with Crippen LogP contribution in [-0.4, -0.2) is 4.57 Å². The first-order chi connectivity index (χ1) is 10.3. The third-order valence-electron chi connectivity index (χ3n) is 3.76. The quantitative estimate of drug-likeness (QED) is 0.551. The number of rotatable bonds is 4. The van der Waals surface area contributed by atoms with Crippen LogP contribution in [0.3, 0.4) is 0 Å². The highest BCUT2D eigenvalue weighted by molar-refractivity contribution is 5.88. The summed E-state index contributed by atoms with van der Waals surface area (Å²) in [5.41, 5.74) is 5.01. The maximum absolute atomic E-state index is 3.74. The molecule has 0 saturated carbocycles. The molecule has 1 aromatic heterocycles. The molecule has 21 heavy (non-hydrogen) atoms. The maximum Gasteiger partial charge on any atom is 0.0485 e. The predicted octanol–water partition coefficient (Wildman–Crippen LogP) is 5.53. The van der Waals surface area contributed by atoms with E-state index in [0.29, 0.717) is 0 Å². The van der Waals surface area contributed by atoms with Gasteiger partial charge in [0.2, 0.25) is 0 Å². The van der Waals surface area contributed by atoms with E-state index in [0.717, 1.165) is 6.54 Å². The van der Waals surface area contributed by atoms with Crippen molar-refractivity contribution in [1.82, 2.24) is 4.57 Å². The van der Waals surface area contributed by atoms with Crippen LogP contribution in [0.5, 0.6) is 0 Å². The van der Waals surface area contributed by atoms with Crippen molar-refractivity contribution in [2.45, 2.75) is 13.5 Å². The van der Waals surface area contributed by atoms with Crippen molar-refractivity contribution in [2.24, 2.45) is 0 Å². The molecule has 0 saturated heterocycles. The normalized spacial score (nSPS) is 11.3. The fourth-order valence-electron chi connectivity index (χ4n) is 2.76. The molecule has 0 fully saturated rings. The largest absolute Gasteiger partial charge is 0.341 e. The lowest BCUT2D eigenvalue weighted by molar-refractivity contribution is 0.789. The first-order valence-electron chi connectivity index (χ1n) is 7.31. The van der Waals surface area contributed by atoms with Crippen molar-refractivity contribution in [3.63, 3.8) is 0 Å². The van der Waals surface area contributed by atoms with Gasteiger partial charge in [-0.3, -0.25) is 0 Å². The Morgan fingerprint density at radius 2 is 1.81 bits per heavy atom. The van der Waals surface area contributed by atoms with E-state index in [1.165, 1.54) is 27.7 Å². The van der Waals surface area contributed by atoms with Crippen LogP contribution in [0.4, 0.5) is 0 Å². The van der Waals surface area contributed by atoms with E-state index in [1.54, 1.807) is 0 Å². The average molecular weight is 273 g/mol. The van der Waals surface area contributed by atoms with Crippen molar-refractivity contribution in [2.75, 3.05) is 0 Å². The molecule has 0 unspecified atom stereocenters. The van der Waals surface area contributed by atoms with Gasteiger partial charge in [-0.05, 0) is 42.3 Å². The predicted molar refractivity (Wildman–Crippen MR) is 92.3 cm³/mol. The molecule has 1 heteroatoms. The Balaban J connectivity index is 2.14. The van der Waals surface area contributed by atoms with Crippen LogP contribution >= 0.6 is 0 Å². The van der Waals surface area contributed by atoms with Crippen LogP contribution in [0, 0.1) is 0 Å². The molecule has 0 radical (unpaired) electrons. The molecule has 0 N–H and O–H groups in total. The Bertz CT molecular complexity index is 791. The topological polar surface area (TPSA) is 4.93 Å². The second kappa shape index (κ2) is 5.84. The minimum absolute atomic E-state index is 0.963. The van der Waals surface area contributed by atoms with Gasteiger partial charge in [0.25, 0.3) is 0 Å². The summed E-state index contributed by atoms with van der Waals surface area (Å²) in [5, 5.41) is 1.28. The Kier molecular flexibility index (Phi) is 3.74. The third kappa shape index (κ3) is 2.55. The Labute approximate surface area is 125 Å². The van der Waals surface area contributed by atoms with Gasteiger partial charge in [0.1, 0.15) is 0 Å². The Morgan fingerprint density at radius 3 is 2.52 bits per heavy atom. The van der Waals surface area contributed by atoms with Gasteiger partial charge in [-0.1, -0.05) is 55.1 Å². The molecular weight excluding hydrogens is 254 g/mol. The van der Waals surface area contributed by atoms with E-state index in [9.17, 15) is 0 Å². The number of hydrogen-bond donors (Lipinski definition) is 0. The van der Waals surface area contributed by atoms with Gasteiger partial charge >= 0.3 is 0 Å². The molecule has 0 atom stereocenters. The van der Waals surface area contributed by atoms with Crippen LogP contribution in [0.15, 0.2) is 73.3 Å². The van der Waals surface area contributed by atoms with Gasteiger partial charge in [0.05, 0.1) is 0 Å². The third-order valence-corrected chi connectivity index (χ3v) is 3.76. The van der Waals surface area contributed by atoms with Crippen molar-refractivity contribution < 1.29 is 0 Å². The molecular formula is C20H19N. The van der Waals surface area contributed by atoms with Crippen LogP contribution in [0.2, 0.25) is 0 Å². The second-order valence-corrected chi connectivity index (χ2v) is 5.05. The van der Waals surface area contributed by atoms with Crippen LogP contribution < -0.4 is 0 Å². The van der Waals surface area contributed by atoms with Gasteiger partial charge in [0, 0.05) is 23.1 Å². The molecule has 0 spiro atoms. The van der Waals surface area contributed by atoms with E-state index < -0.39 is 0 Å². The zero-order chi connectivity index (χ0) is 14.7. The van der Waals surface area contributed by atoms with Gasteiger partial charge in [-0.15, -0.1) is 0 Å². The number of aromatic nitrogens is 1. The maximum atomic E-state index is 3.74. The highest BCUT2D eigenvalue weighted by Gasteiger charge is 2.06. The number of benzene rings is 2. The van der Waals surface area contributed by atoms with E-state index in [1.807, 2.05) is 18.2 Å². The zero-order valence-electron chi connectivity index (χ0n) is 12.3. The summed E-state index contributed by atoms with van der Waals surface area (Å²) in [4.78, 5) is 0. The molecule has 3 rings (SSSR count). The van der Waals surface area contributed by atoms with Crippen molar-refractivity contribution in [1.29, 1.82) is 0 Å². The minimum Gasteiger partial charge on any atom is -0.341 e. The smallest absolute Gasteiger partial charge is 0.0485 e. The lowest BCUT2D eigenvalue weighted by Gasteiger charge is -2.05. The summed E-state index contributed by atoms with van der Waals surface area (Å²) in [5.74, 6) is 0. The van der Waals surface area contributed by atoms with Crippen LogP contribution in [0.25, 0.3) is 28.1 Å². The fourth-order valence-corrected chi connectivity index (χ4v) is 2.76. The Hall–Kier alpha value is -2.54. The van der Waals surface area contributed by atoms with Gasteiger partial charge < -0.3 is 4.57 Å². The Morgan fingerprint density at radius 1 is 1.00 bits per heavy atom. The van der Waals surface area contributed by atoms with Crippen LogP contribution in [-0.2, 0) is 6.54 Å². The minimum atomic E-state index is 0.963. The lowest BCUT2D eigenvalue weighted by atomic mass is 10.0. The van der Waals surface area contributed by atoms with E-state index in [4.69, 9.17) is 0 Å². The summed E-state index contributed by atoms with van der Waals surface area (Å²) in [6.07, 6.45) is 5.91. The number of allylic oxidation sites excluding steroid dienone is 2. The molecule has 0 amide bonds. The van der Waals surface area contributed by atoms with Crippen LogP contribution in [0.1, 0.15) is 12.6 Å². The molecule has 1 nitrogen and oxygen atoms in total. The zero-order valence-corrected chi connectivity index (χ0v) is 12.3. The summed E-state index contributed by atoms with van der Waals surface area (Å²) in [6.45, 7) is 6.88. The molecule has 3 aromatic rings. The first-order valence-corrected chi connectivity index (χ1v) is 7.31. The molecule has 0 bridgehead atoms. The SMILES string of the molecule is C=C/C=C\c1cc2cc(-c3ccccc3)ccc2n1CC. The van der Waals surface area contributed by atoms with Crippen molar-refractivity contribution >= 4 is 17.0 Å². The molecule has 104 valence electrons. The van der Waals surface area contributed by atoms with Crippen molar-refractivity contribution in [3.05, 3.63) is 79.0 Å². The molecule has 2 aromatic carbocycles. The van der Waals surface area contributed by atoms with Crippen molar-refractivity contribution in [3.8, 4) is 11.1 Å². The van der Waals surface area contributed by atoms with Gasteiger partial charge in [0.15, 0.2) is 0 Å².